The maximum atomic E-state index is 4.91. The number of hydrogen-bond donors (Lipinski definition) is 0. The Morgan fingerprint density at radius 3 is 2.03 bits per heavy atom. The van der Waals surface area contributed by atoms with Crippen LogP contribution in [0.4, 0.5) is 0 Å². The van der Waals surface area contributed by atoms with Gasteiger partial charge in [-0.2, -0.15) is 0 Å². The predicted molar refractivity (Wildman–Crippen MR) is 124 cm³/mol. The van der Waals surface area contributed by atoms with Crippen molar-refractivity contribution in [3.05, 3.63) is 108 Å². The Bertz CT molecular complexity index is 1300. The molecular formula is C26H17BrN2. The highest BCUT2D eigenvalue weighted by atomic mass is 79.9. The van der Waals surface area contributed by atoms with Crippen LogP contribution in [-0.2, 0) is 0 Å². The number of aromatic nitrogens is 2. The first-order valence-electron chi connectivity index (χ1n) is 9.45. The summed E-state index contributed by atoms with van der Waals surface area (Å²) in [6, 6.07) is 33.4. The molecule has 29 heavy (non-hydrogen) atoms. The van der Waals surface area contributed by atoms with Crippen LogP contribution >= 0.6 is 15.9 Å². The van der Waals surface area contributed by atoms with Gasteiger partial charge in [0.2, 0.25) is 0 Å². The van der Waals surface area contributed by atoms with E-state index in [9.17, 15) is 0 Å². The number of benzene rings is 3. The van der Waals surface area contributed by atoms with Crippen molar-refractivity contribution in [2.75, 3.05) is 0 Å². The summed E-state index contributed by atoms with van der Waals surface area (Å²) >= 11 is 3.51. The quantitative estimate of drug-likeness (QED) is 0.294. The third-order valence-corrected chi connectivity index (χ3v) is 5.50. The lowest BCUT2D eigenvalue weighted by molar-refractivity contribution is 1.25. The summed E-state index contributed by atoms with van der Waals surface area (Å²) in [5.41, 5.74) is 6.05. The van der Waals surface area contributed by atoms with E-state index in [1.54, 1.807) is 6.20 Å². The molecule has 0 aliphatic heterocycles. The van der Waals surface area contributed by atoms with Crippen molar-refractivity contribution in [1.82, 2.24) is 9.97 Å². The maximum Gasteiger partial charge on any atom is 0.0899 e. The fourth-order valence-corrected chi connectivity index (χ4v) is 3.74. The SMILES string of the molecule is Brc1ccc(-c2cc(-c3ccc4ccccc4c3)cc(-c3ccccn3)n2)cc1. The Labute approximate surface area is 178 Å². The second kappa shape index (κ2) is 7.61. The molecule has 0 saturated heterocycles. The summed E-state index contributed by atoms with van der Waals surface area (Å²) in [7, 11) is 0. The van der Waals surface area contributed by atoms with Crippen LogP contribution in [0.1, 0.15) is 0 Å². The summed E-state index contributed by atoms with van der Waals surface area (Å²) in [6.07, 6.45) is 1.80. The zero-order valence-corrected chi connectivity index (χ0v) is 17.2. The predicted octanol–water partition coefficient (Wildman–Crippen LogP) is 7.39. The van der Waals surface area contributed by atoms with Crippen LogP contribution < -0.4 is 0 Å². The van der Waals surface area contributed by atoms with Crippen molar-refractivity contribution in [2.45, 2.75) is 0 Å². The topological polar surface area (TPSA) is 25.8 Å². The Morgan fingerprint density at radius 2 is 1.24 bits per heavy atom. The molecule has 2 heterocycles. The van der Waals surface area contributed by atoms with Gasteiger partial charge in [-0.25, -0.2) is 4.98 Å². The van der Waals surface area contributed by atoms with E-state index in [4.69, 9.17) is 4.98 Å². The van der Waals surface area contributed by atoms with Gasteiger partial charge in [-0.05, 0) is 64.4 Å². The van der Waals surface area contributed by atoms with E-state index in [0.717, 1.165) is 32.7 Å². The molecule has 3 heteroatoms. The smallest absolute Gasteiger partial charge is 0.0899 e. The normalized spacial score (nSPS) is 10.9. The lowest BCUT2D eigenvalue weighted by Crippen LogP contribution is -1.92. The van der Waals surface area contributed by atoms with E-state index in [0.29, 0.717) is 0 Å². The maximum absolute atomic E-state index is 4.91. The van der Waals surface area contributed by atoms with Gasteiger partial charge in [-0.3, -0.25) is 4.98 Å². The molecule has 0 N–H and O–H groups in total. The van der Waals surface area contributed by atoms with Crippen molar-refractivity contribution in [2.24, 2.45) is 0 Å². The summed E-state index contributed by atoms with van der Waals surface area (Å²) < 4.78 is 1.05. The van der Waals surface area contributed by atoms with E-state index < -0.39 is 0 Å². The van der Waals surface area contributed by atoms with Crippen LogP contribution in [0.15, 0.2) is 108 Å². The van der Waals surface area contributed by atoms with Crippen molar-refractivity contribution in [3.8, 4) is 33.8 Å². The molecule has 0 amide bonds. The molecule has 0 unspecified atom stereocenters. The molecular weight excluding hydrogens is 420 g/mol. The monoisotopic (exact) mass is 436 g/mol. The second-order valence-electron chi connectivity index (χ2n) is 6.91. The van der Waals surface area contributed by atoms with Crippen LogP contribution in [0, 0.1) is 0 Å². The highest BCUT2D eigenvalue weighted by Crippen LogP contribution is 2.31. The standard InChI is InChI=1S/C26H17BrN2/c27-23-12-10-19(11-13-23)25-16-22(17-26(29-25)24-7-3-4-14-28-24)21-9-8-18-5-1-2-6-20(18)15-21/h1-17H. The summed E-state index contributed by atoms with van der Waals surface area (Å²) in [5.74, 6) is 0. The van der Waals surface area contributed by atoms with Gasteiger partial charge in [0.1, 0.15) is 0 Å². The molecule has 0 radical (unpaired) electrons. The average molecular weight is 437 g/mol. The molecule has 2 aromatic heterocycles. The number of pyridine rings is 2. The molecule has 138 valence electrons. The minimum absolute atomic E-state index is 0.869. The molecule has 0 saturated carbocycles. The van der Waals surface area contributed by atoms with Gasteiger partial charge in [0.15, 0.2) is 0 Å². The van der Waals surface area contributed by atoms with Crippen molar-refractivity contribution in [1.29, 1.82) is 0 Å². The highest BCUT2D eigenvalue weighted by molar-refractivity contribution is 9.10. The molecule has 0 aliphatic carbocycles. The largest absolute Gasteiger partial charge is 0.255 e. The lowest BCUT2D eigenvalue weighted by Gasteiger charge is -2.11. The number of rotatable bonds is 3. The Morgan fingerprint density at radius 1 is 0.517 bits per heavy atom. The fraction of sp³-hybridized carbons (Fsp3) is 0. The highest BCUT2D eigenvalue weighted by Gasteiger charge is 2.10. The van der Waals surface area contributed by atoms with E-state index >= 15 is 0 Å². The minimum atomic E-state index is 0.869. The van der Waals surface area contributed by atoms with Crippen LogP contribution in [0.25, 0.3) is 44.5 Å². The number of hydrogen-bond acceptors (Lipinski definition) is 2. The molecule has 0 bridgehead atoms. The molecule has 5 aromatic rings. The van der Waals surface area contributed by atoms with Crippen molar-refractivity contribution in [3.63, 3.8) is 0 Å². The molecule has 0 spiro atoms. The summed E-state index contributed by atoms with van der Waals surface area (Å²) in [5, 5.41) is 2.47. The zero-order chi connectivity index (χ0) is 19.6. The average Bonchev–Trinajstić information content (AvgIpc) is 2.79. The number of fused-ring (bicyclic) bond motifs is 1. The minimum Gasteiger partial charge on any atom is -0.255 e. The Kier molecular flexibility index (Phi) is 4.66. The summed E-state index contributed by atoms with van der Waals surface area (Å²) in [4.78, 5) is 9.43. The van der Waals surface area contributed by atoms with Gasteiger partial charge in [-0.1, -0.05) is 70.5 Å². The third kappa shape index (κ3) is 3.69. The zero-order valence-electron chi connectivity index (χ0n) is 15.6. The van der Waals surface area contributed by atoms with Gasteiger partial charge < -0.3 is 0 Å². The first kappa shape index (κ1) is 17.8. The Hall–Kier alpha value is -3.30. The molecule has 0 atom stereocenters. The Balaban J connectivity index is 1.71. The van der Waals surface area contributed by atoms with Crippen molar-refractivity contribution >= 4 is 26.7 Å². The van der Waals surface area contributed by atoms with Crippen LogP contribution in [-0.4, -0.2) is 9.97 Å². The molecule has 0 fully saturated rings. The summed E-state index contributed by atoms with van der Waals surface area (Å²) in [6.45, 7) is 0. The second-order valence-corrected chi connectivity index (χ2v) is 7.83. The third-order valence-electron chi connectivity index (χ3n) is 4.98. The van der Waals surface area contributed by atoms with E-state index in [1.165, 1.54) is 16.3 Å². The molecule has 5 rings (SSSR count). The van der Waals surface area contributed by atoms with Crippen LogP contribution in [0.5, 0.6) is 0 Å². The van der Waals surface area contributed by atoms with Gasteiger partial charge in [-0.15, -0.1) is 0 Å². The first-order chi connectivity index (χ1) is 14.3. The molecule has 3 aromatic carbocycles. The van der Waals surface area contributed by atoms with Gasteiger partial charge in [0.05, 0.1) is 17.1 Å². The van der Waals surface area contributed by atoms with E-state index in [-0.39, 0.29) is 0 Å². The molecule has 2 nitrogen and oxygen atoms in total. The first-order valence-corrected chi connectivity index (χ1v) is 10.2. The van der Waals surface area contributed by atoms with Crippen LogP contribution in [0.3, 0.4) is 0 Å². The number of nitrogens with zero attached hydrogens (tertiary/aromatic N) is 2. The number of halogens is 1. The van der Waals surface area contributed by atoms with Gasteiger partial charge in [0, 0.05) is 16.2 Å². The van der Waals surface area contributed by atoms with E-state index in [2.05, 4.69) is 87.6 Å². The fourth-order valence-electron chi connectivity index (χ4n) is 3.48. The van der Waals surface area contributed by atoms with Gasteiger partial charge >= 0.3 is 0 Å². The molecule has 0 aliphatic rings. The van der Waals surface area contributed by atoms with Crippen LogP contribution in [0.2, 0.25) is 0 Å². The van der Waals surface area contributed by atoms with Gasteiger partial charge in [0.25, 0.3) is 0 Å². The lowest BCUT2D eigenvalue weighted by atomic mass is 9.98. The van der Waals surface area contributed by atoms with Crippen molar-refractivity contribution < 1.29 is 0 Å². The van der Waals surface area contributed by atoms with E-state index in [1.807, 2.05) is 30.3 Å².